The molecule has 128 valence electrons. The molecule has 0 spiro atoms. The molecule has 0 unspecified atom stereocenters. The van der Waals surface area contributed by atoms with E-state index in [-0.39, 0.29) is 5.00 Å². The number of benzene rings is 1. The van der Waals surface area contributed by atoms with Crippen molar-refractivity contribution in [3.05, 3.63) is 60.7 Å². The fourth-order valence-electron chi connectivity index (χ4n) is 2.33. The number of hydrogen-bond acceptors (Lipinski definition) is 5. The monoisotopic (exact) mass is 393 g/mol. The van der Waals surface area contributed by atoms with E-state index in [1.807, 2.05) is 30.7 Å². The van der Waals surface area contributed by atoms with Gasteiger partial charge in [-0.15, -0.1) is 0 Å². The Labute approximate surface area is 155 Å². The fraction of sp³-hybridized carbons (Fsp3) is 0.125. The molecule has 0 saturated heterocycles. The molecule has 0 saturated carbocycles. The van der Waals surface area contributed by atoms with Gasteiger partial charge >= 0.3 is 5.00 Å². The number of rotatable bonds is 3. The largest absolute Gasteiger partial charge is 0.324 e. The van der Waals surface area contributed by atoms with Crippen LogP contribution in [0.1, 0.15) is 10.4 Å². The third-order valence-electron chi connectivity index (χ3n) is 3.49. The van der Waals surface area contributed by atoms with Crippen molar-refractivity contribution in [1.29, 1.82) is 0 Å². The molecule has 0 bridgehead atoms. The van der Waals surface area contributed by atoms with Gasteiger partial charge in [0, 0.05) is 24.1 Å². The van der Waals surface area contributed by atoms with Gasteiger partial charge in [-0.05, 0) is 30.7 Å². The maximum Gasteiger partial charge on any atom is 0.324 e. The molecule has 25 heavy (non-hydrogen) atoms. The molecule has 3 rings (SSSR count). The molecule has 2 aromatic heterocycles. The minimum atomic E-state index is -0.461. The van der Waals surface area contributed by atoms with Gasteiger partial charge in [0.05, 0.1) is 20.2 Å². The molecule has 0 aliphatic heterocycles. The Kier molecular flexibility index (Phi) is 4.85. The summed E-state index contributed by atoms with van der Waals surface area (Å²) in [6.07, 6.45) is 2.82. The zero-order valence-electron chi connectivity index (χ0n) is 13.2. The lowest BCUT2D eigenvalue weighted by Crippen LogP contribution is -2.12. The van der Waals surface area contributed by atoms with Gasteiger partial charge in [0.15, 0.2) is 4.80 Å². The van der Waals surface area contributed by atoms with Crippen molar-refractivity contribution in [2.45, 2.75) is 6.92 Å². The number of amides is 1. The maximum absolute atomic E-state index is 12.1. The molecule has 0 atom stereocenters. The third-order valence-corrected chi connectivity index (χ3v) is 6.08. The first-order chi connectivity index (χ1) is 11.9. The first kappa shape index (κ1) is 17.5. The number of aryl methyl sites for hydroxylation is 2. The van der Waals surface area contributed by atoms with E-state index in [4.69, 9.17) is 11.6 Å². The minimum Gasteiger partial charge on any atom is -0.319 e. The molecule has 9 heteroatoms. The van der Waals surface area contributed by atoms with E-state index >= 15 is 0 Å². The fourth-order valence-corrected chi connectivity index (χ4v) is 4.43. The second kappa shape index (κ2) is 6.91. The highest BCUT2D eigenvalue weighted by atomic mass is 35.5. The minimum absolute atomic E-state index is 0.0325. The summed E-state index contributed by atoms with van der Waals surface area (Å²) in [7, 11) is 1.83. The lowest BCUT2D eigenvalue weighted by atomic mass is 10.2. The molecule has 1 aromatic carbocycles. The molecule has 0 fully saturated rings. The van der Waals surface area contributed by atoms with Crippen LogP contribution < -0.4 is 4.80 Å². The van der Waals surface area contributed by atoms with Crippen LogP contribution in [0.25, 0.3) is 16.3 Å². The van der Waals surface area contributed by atoms with Crippen molar-refractivity contribution < 1.29 is 9.72 Å². The Morgan fingerprint density at radius 2 is 2.08 bits per heavy atom. The van der Waals surface area contributed by atoms with Gasteiger partial charge in [-0.2, -0.15) is 4.99 Å². The summed E-state index contributed by atoms with van der Waals surface area (Å²) in [5.74, 6) is -0.438. The molecule has 0 aliphatic carbocycles. The average molecular weight is 394 g/mol. The van der Waals surface area contributed by atoms with E-state index in [0.717, 1.165) is 27.1 Å². The Morgan fingerprint density at radius 1 is 1.32 bits per heavy atom. The summed E-state index contributed by atoms with van der Waals surface area (Å²) >= 11 is 8.57. The molecular weight excluding hydrogens is 382 g/mol. The Morgan fingerprint density at radius 3 is 2.72 bits per heavy atom. The highest BCUT2D eigenvalue weighted by Gasteiger charge is 2.10. The quantitative estimate of drug-likeness (QED) is 0.378. The molecule has 0 aliphatic rings. The van der Waals surface area contributed by atoms with Gasteiger partial charge in [-0.3, -0.25) is 14.9 Å². The third kappa shape index (κ3) is 3.55. The van der Waals surface area contributed by atoms with Gasteiger partial charge in [0.1, 0.15) is 0 Å². The van der Waals surface area contributed by atoms with Crippen molar-refractivity contribution >= 4 is 61.5 Å². The predicted molar refractivity (Wildman–Crippen MR) is 101 cm³/mol. The SMILES string of the molecule is Cc1ccc(Cl)c2sc(=NC(=O)/C=C/c3ccc([N+](=O)[O-])s3)n(C)c12. The molecular formula is C16H12ClN3O3S2. The smallest absolute Gasteiger partial charge is 0.319 e. The number of carbonyl (C=O) groups excluding carboxylic acids is 1. The van der Waals surface area contributed by atoms with Crippen LogP contribution in [0.2, 0.25) is 5.02 Å². The van der Waals surface area contributed by atoms with E-state index in [2.05, 4.69) is 4.99 Å². The lowest BCUT2D eigenvalue weighted by molar-refractivity contribution is -0.380. The van der Waals surface area contributed by atoms with Crippen LogP contribution in [0.3, 0.4) is 0 Å². The standard InChI is InChI=1S/C16H12ClN3O3S2/c1-9-3-6-11(17)15-14(9)19(2)16(25-15)18-12(21)7-4-10-5-8-13(24-10)20(22)23/h3-8H,1-2H3/b7-4+,18-16?. The topological polar surface area (TPSA) is 77.5 Å². The average Bonchev–Trinajstić information content (AvgIpc) is 3.16. The number of halogens is 1. The number of nitrogens with zero attached hydrogens (tertiary/aromatic N) is 3. The summed E-state index contributed by atoms with van der Waals surface area (Å²) in [5.41, 5.74) is 2.00. The normalized spacial score (nSPS) is 12.4. The number of fused-ring (bicyclic) bond motifs is 1. The van der Waals surface area contributed by atoms with Crippen molar-refractivity contribution in [2.75, 3.05) is 0 Å². The van der Waals surface area contributed by atoms with Gasteiger partial charge in [0.25, 0.3) is 5.91 Å². The predicted octanol–water partition coefficient (Wildman–Crippen LogP) is 4.31. The van der Waals surface area contributed by atoms with Gasteiger partial charge in [0.2, 0.25) is 0 Å². The van der Waals surface area contributed by atoms with Crippen LogP contribution in [0, 0.1) is 17.0 Å². The highest BCUT2D eigenvalue weighted by molar-refractivity contribution is 7.17. The summed E-state index contributed by atoms with van der Waals surface area (Å²) < 4.78 is 2.72. The van der Waals surface area contributed by atoms with Crippen LogP contribution in [0.4, 0.5) is 5.00 Å². The van der Waals surface area contributed by atoms with Crippen molar-refractivity contribution in [3.8, 4) is 0 Å². The van der Waals surface area contributed by atoms with Crippen LogP contribution in [0.15, 0.2) is 35.3 Å². The number of thiazole rings is 1. The van der Waals surface area contributed by atoms with Crippen LogP contribution in [-0.2, 0) is 11.8 Å². The highest BCUT2D eigenvalue weighted by Crippen LogP contribution is 2.28. The second-order valence-electron chi connectivity index (χ2n) is 5.20. The summed E-state index contributed by atoms with van der Waals surface area (Å²) in [5, 5.41) is 11.3. The molecule has 0 N–H and O–H groups in total. The van der Waals surface area contributed by atoms with Crippen molar-refractivity contribution in [2.24, 2.45) is 12.0 Å². The Hall–Kier alpha value is -2.29. The summed E-state index contributed by atoms with van der Waals surface area (Å²) in [6.45, 7) is 1.97. The number of nitro groups is 1. The number of hydrogen-bond donors (Lipinski definition) is 0. The molecule has 1 amide bonds. The van der Waals surface area contributed by atoms with Crippen molar-refractivity contribution in [3.63, 3.8) is 0 Å². The van der Waals surface area contributed by atoms with Crippen molar-refractivity contribution in [1.82, 2.24) is 4.57 Å². The van der Waals surface area contributed by atoms with Crippen LogP contribution in [-0.4, -0.2) is 15.4 Å². The Bertz CT molecular complexity index is 1090. The summed E-state index contributed by atoms with van der Waals surface area (Å²) in [6, 6.07) is 6.75. The molecule has 2 heterocycles. The van der Waals surface area contributed by atoms with E-state index in [1.165, 1.54) is 29.6 Å². The Balaban J connectivity index is 1.93. The van der Waals surface area contributed by atoms with Crippen LogP contribution >= 0.6 is 34.3 Å². The molecule has 0 radical (unpaired) electrons. The summed E-state index contributed by atoms with van der Waals surface area (Å²) in [4.78, 5) is 27.6. The van der Waals surface area contributed by atoms with Crippen LogP contribution in [0.5, 0.6) is 0 Å². The first-order valence-corrected chi connectivity index (χ1v) is 9.13. The van der Waals surface area contributed by atoms with E-state index < -0.39 is 10.8 Å². The lowest BCUT2D eigenvalue weighted by Gasteiger charge is -2.00. The van der Waals surface area contributed by atoms with E-state index in [9.17, 15) is 14.9 Å². The van der Waals surface area contributed by atoms with Gasteiger partial charge < -0.3 is 4.57 Å². The van der Waals surface area contributed by atoms with E-state index in [1.54, 1.807) is 6.07 Å². The first-order valence-electron chi connectivity index (χ1n) is 7.12. The molecule has 6 nitrogen and oxygen atoms in total. The molecule has 3 aromatic rings. The second-order valence-corrected chi connectivity index (χ2v) is 7.68. The number of aromatic nitrogens is 1. The zero-order valence-corrected chi connectivity index (χ0v) is 15.6. The van der Waals surface area contributed by atoms with E-state index in [0.29, 0.717) is 14.7 Å². The number of carbonyl (C=O) groups is 1. The maximum atomic E-state index is 12.1. The zero-order chi connectivity index (χ0) is 18.1. The van der Waals surface area contributed by atoms with Gasteiger partial charge in [-0.25, -0.2) is 0 Å². The number of thiophene rings is 1. The van der Waals surface area contributed by atoms with Gasteiger partial charge in [-0.1, -0.05) is 40.3 Å².